The second-order valence-corrected chi connectivity index (χ2v) is 4.30. The van der Waals surface area contributed by atoms with Gasteiger partial charge in [-0.25, -0.2) is 4.79 Å². The number of rotatable bonds is 2. The third-order valence-corrected chi connectivity index (χ3v) is 3.08. The quantitative estimate of drug-likeness (QED) is 0.771. The van der Waals surface area contributed by atoms with E-state index in [9.17, 15) is 4.79 Å². The highest BCUT2D eigenvalue weighted by molar-refractivity contribution is 6.42. The van der Waals surface area contributed by atoms with Gasteiger partial charge in [-0.05, 0) is 12.1 Å². The van der Waals surface area contributed by atoms with E-state index in [-0.39, 0.29) is 6.04 Å². The van der Waals surface area contributed by atoms with E-state index < -0.39 is 6.09 Å². The number of amides is 1. The zero-order valence-electron chi connectivity index (χ0n) is 8.58. The summed E-state index contributed by atoms with van der Waals surface area (Å²) in [6, 6.07) is 4.67. The van der Waals surface area contributed by atoms with Crippen molar-refractivity contribution < 1.29 is 9.90 Å². The first-order valence-electron chi connectivity index (χ1n) is 4.83. The SMILES string of the molecule is O=C(O)NC1CNN=C1c1ccc(Cl)c(Cl)c1. The summed E-state index contributed by atoms with van der Waals surface area (Å²) in [6.07, 6.45) is -1.09. The Morgan fingerprint density at radius 2 is 2.24 bits per heavy atom. The van der Waals surface area contributed by atoms with Crippen molar-refractivity contribution in [2.75, 3.05) is 6.54 Å². The van der Waals surface area contributed by atoms with E-state index in [0.29, 0.717) is 22.3 Å². The molecule has 3 N–H and O–H groups in total. The number of hydrogen-bond donors (Lipinski definition) is 3. The summed E-state index contributed by atoms with van der Waals surface area (Å²) in [4.78, 5) is 10.6. The van der Waals surface area contributed by atoms with Gasteiger partial charge in [0, 0.05) is 5.56 Å². The third-order valence-electron chi connectivity index (χ3n) is 2.34. The van der Waals surface area contributed by atoms with Gasteiger partial charge in [-0.3, -0.25) is 0 Å². The predicted molar refractivity (Wildman–Crippen MR) is 66.0 cm³/mol. The summed E-state index contributed by atoms with van der Waals surface area (Å²) >= 11 is 11.7. The van der Waals surface area contributed by atoms with Crippen LogP contribution in [0.25, 0.3) is 0 Å². The Balaban J connectivity index is 2.26. The Hall–Kier alpha value is -1.46. The molecule has 0 saturated carbocycles. The number of carboxylic acid groups (broad SMARTS) is 1. The van der Waals surface area contributed by atoms with Crippen LogP contribution in [0, 0.1) is 0 Å². The fraction of sp³-hybridized carbons (Fsp3) is 0.200. The minimum atomic E-state index is -1.09. The van der Waals surface area contributed by atoms with E-state index in [2.05, 4.69) is 15.8 Å². The maximum Gasteiger partial charge on any atom is 0.405 e. The highest BCUT2D eigenvalue weighted by Gasteiger charge is 2.24. The molecule has 1 aromatic carbocycles. The van der Waals surface area contributed by atoms with Gasteiger partial charge in [0.2, 0.25) is 0 Å². The van der Waals surface area contributed by atoms with Gasteiger partial charge in [0.1, 0.15) is 0 Å². The average molecular weight is 274 g/mol. The van der Waals surface area contributed by atoms with Gasteiger partial charge < -0.3 is 15.8 Å². The van der Waals surface area contributed by atoms with E-state index in [1.807, 2.05) is 0 Å². The second kappa shape index (κ2) is 4.81. The van der Waals surface area contributed by atoms with E-state index in [1.165, 1.54) is 0 Å². The fourth-order valence-electron chi connectivity index (χ4n) is 1.59. The van der Waals surface area contributed by atoms with Gasteiger partial charge in [-0.2, -0.15) is 5.10 Å². The van der Waals surface area contributed by atoms with Crippen LogP contribution in [0.15, 0.2) is 23.3 Å². The molecule has 1 aliphatic rings. The Bertz CT molecular complexity index is 490. The van der Waals surface area contributed by atoms with Gasteiger partial charge in [0.15, 0.2) is 0 Å². The highest BCUT2D eigenvalue weighted by atomic mass is 35.5. The van der Waals surface area contributed by atoms with Gasteiger partial charge in [-0.15, -0.1) is 0 Å². The molecule has 5 nitrogen and oxygen atoms in total. The molecule has 0 spiro atoms. The van der Waals surface area contributed by atoms with Gasteiger partial charge in [-0.1, -0.05) is 29.3 Å². The van der Waals surface area contributed by atoms with Crippen molar-refractivity contribution >= 4 is 35.0 Å². The monoisotopic (exact) mass is 273 g/mol. The van der Waals surface area contributed by atoms with E-state index in [4.69, 9.17) is 28.3 Å². The molecule has 7 heteroatoms. The topological polar surface area (TPSA) is 73.7 Å². The lowest BCUT2D eigenvalue weighted by Crippen LogP contribution is -2.41. The van der Waals surface area contributed by atoms with Gasteiger partial charge >= 0.3 is 6.09 Å². The molecule has 0 bridgehead atoms. The molecule has 1 atom stereocenters. The van der Waals surface area contributed by atoms with E-state index in [0.717, 1.165) is 5.56 Å². The van der Waals surface area contributed by atoms with Crippen LogP contribution in [-0.4, -0.2) is 29.5 Å². The summed E-state index contributed by atoms with van der Waals surface area (Å²) < 4.78 is 0. The van der Waals surface area contributed by atoms with E-state index >= 15 is 0 Å². The van der Waals surface area contributed by atoms with Crippen LogP contribution in [0.3, 0.4) is 0 Å². The number of hydrogen-bond acceptors (Lipinski definition) is 3. The second-order valence-electron chi connectivity index (χ2n) is 3.49. The summed E-state index contributed by atoms with van der Waals surface area (Å²) in [6.45, 7) is 0.419. The van der Waals surface area contributed by atoms with Crippen molar-refractivity contribution in [2.24, 2.45) is 5.10 Å². The Kier molecular flexibility index (Phi) is 3.40. The number of nitrogens with zero attached hydrogens (tertiary/aromatic N) is 1. The molecule has 1 unspecified atom stereocenters. The summed E-state index contributed by atoms with van der Waals surface area (Å²) in [5.74, 6) is 0. The first kappa shape index (κ1) is 12.0. The van der Waals surface area contributed by atoms with Crippen LogP contribution in [0.5, 0.6) is 0 Å². The molecule has 2 rings (SSSR count). The van der Waals surface area contributed by atoms with Crippen molar-refractivity contribution in [1.29, 1.82) is 0 Å². The molecule has 1 aromatic rings. The largest absolute Gasteiger partial charge is 0.465 e. The molecule has 0 radical (unpaired) electrons. The predicted octanol–water partition coefficient (Wildman–Crippen LogP) is 1.94. The molecule has 17 heavy (non-hydrogen) atoms. The lowest BCUT2D eigenvalue weighted by molar-refractivity contribution is 0.193. The maximum absolute atomic E-state index is 10.6. The normalized spacial score (nSPS) is 18.5. The smallest absolute Gasteiger partial charge is 0.405 e. The number of carbonyl (C=O) groups is 1. The van der Waals surface area contributed by atoms with Crippen molar-refractivity contribution in [2.45, 2.75) is 6.04 Å². The molecule has 1 amide bonds. The number of nitrogens with one attached hydrogen (secondary N) is 2. The van der Waals surface area contributed by atoms with Crippen molar-refractivity contribution in [1.82, 2.24) is 10.7 Å². The molecule has 0 fully saturated rings. The highest BCUT2D eigenvalue weighted by Crippen LogP contribution is 2.23. The van der Waals surface area contributed by atoms with E-state index in [1.54, 1.807) is 18.2 Å². The maximum atomic E-state index is 10.6. The third kappa shape index (κ3) is 2.62. The van der Waals surface area contributed by atoms with Crippen LogP contribution in [-0.2, 0) is 0 Å². The summed E-state index contributed by atoms with van der Waals surface area (Å²) in [7, 11) is 0. The fourth-order valence-corrected chi connectivity index (χ4v) is 1.88. The molecule has 1 aliphatic heterocycles. The number of halogens is 2. The van der Waals surface area contributed by atoms with Crippen molar-refractivity contribution in [3.63, 3.8) is 0 Å². The lowest BCUT2D eigenvalue weighted by Gasteiger charge is -2.12. The van der Waals surface area contributed by atoms with Gasteiger partial charge in [0.25, 0.3) is 0 Å². The minimum Gasteiger partial charge on any atom is -0.465 e. The Morgan fingerprint density at radius 1 is 1.47 bits per heavy atom. The average Bonchev–Trinajstić information content (AvgIpc) is 2.69. The standard InChI is InChI=1S/C10H9Cl2N3O2/c11-6-2-1-5(3-7(6)12)9-8(4-13-15-9)14-10(16)17/h1-3,8,13-14H,4H2,(H,16,17). The Morgan fingerprint density at radius 3 is 2.88 bits per heavy atom. The van der Waals surface area contributed by atoms with Gasteiger partial charge in [0.05, 0.1) is 28.3 Å². The molecule has 90 valence electrons. The minimum absolute atomic E-state index is 0.384. The molecule has 1 heterocycles. The zero-order chi connectivity index (χ0) is 12.4. The van der Waals surface area contributed by atoms with Crippen LogP contribution in [0.1, 0.15) is 5.56 Å². The number of benzene rings is 1. The summed E-state index contributed by atoms with van der Waals surface area (Å²) in [5.41, 5.74) is 4.09. The van der Waals surface area contributed by atoms with Crippen molar-refractivity contribution in [3.05, 3.63) is 33.8 Å². The molecule has 0 aliphatic carbocycles. The zero-order valence-corrected chi connectivity index (χ0v) is 10.1. The molecule has 0 aromatic heterocycles. The lowest BCUT2D eigenvalue weighted by atomic mass is 10.0. The number of hydrazone groups is 1. The first-order chi connectivity index (χ1) is 8.08. The van der Waals surface area contributed by atoms with Crippen LogP contribution in [0.2, 0.25) is 10.0 Å². The Labute approximate surface area is 107 Å². The molecular formula is C10H9Cl2N3O2. The van der Waals surface area contributed by atoms with Crippen LogP contribution >= 0.6 is 23.2 Å². The molecule has 0 saturated heterocycles. The summed E-state index contributed by atoms with van der Waals surface area (Å²) in [5, 5.41) is 16.0. The van der Waals surface area contributed by atoms with Crippen molar-refractivity contribution in [3.8, 4) is 0 Å². The van der Waals surface area contributed by atoms with Crippen LogP contribution < -0.4 is 10.7 Å². The first-order valence-corrected chi connectivity index (χ1v) is 5.59. The molecular weight excluding hydrogens is 265 g/mol. The van der Waals surface area contributed by atoms with Crippen LogP contribution in [0.4, 0.5) is 4.79 Å².